The number of amides is 1. The first-order valence-electron chi connectivity index (χ1n) is 5.61. The molecule has 1 rings (SSSR count). The molecule has 7 heteroatoms. The van der Waals surface area contributed by atoms with Crippen molar-refractivity contribution in [2.24, 2.45) is 5.90 Å². The average Bonchev–Trinajstić information content (AvgIpc) is 2.39. The molecule has 19 heavy (non-hydrogen) atoms. The zero-order chi connectivity index (χ0) is 14.1. The Morgan fingerprint density at radius 1 is 1.37 bits per heavy atom. The number of halogens is 1. The van der Waals surface area contributed by atoms with E-state index < -0.39 is 0 Å². The van der Waals surface area contributed by atoms with Crippen molar-refractivity contribution in [3.63, 3.8) is 0 Å². The Morgan fingerprint density at radius 2 is 2.16 bits per heavy atom. The molecule has 0 saturated heterocycles. The van der Waals surface area contributed by atoms with Gasteiger partial charge in [-0.25, -0.2) is 5.90 Å². The number of nitrogens with one attached hydrogen (secondary N) is 1. The van der Waals surface area contributed by atoms with Crippen LogP contribution in [-0.4, -0.2) is 32.0 Å². The fraction of sp³-hybridized carbons (Fsp3) is 0.333. The molecule has 0 unspecified atom stereocenters. The molecule has 0 heterocycles. The summed E-state index contributed by atoms with van der Waals surface area (Å²) in [6.45, 7) is 0.877. The van der Waals surface area contributed by atoms with Crippen LogP contribution in [0.3, 0.4) is 0 Å². The Hall–Kier alpha value is -1.28. The number of anilines is 1. The van der Waals surface area contributed by atoms with Gasteiger partial charge in [0.1, 0.15) is 0 Å². The minimum Gasteiger partial charge on any atom is -0.378 e. The van der Waals surface area contributed by atoms with Crippen LogP contribution < -0.4 is 11.2 Å². The molecule has 3 N–H and O–H groups in total. The van der Waals surface area contributed by atoms with Gasteiger partial charge in [-0.15, -0.1) is 0 Å². The maximum absolute atomic E-state index is 11.6. The Bertz CT molecular complexity index is 440. The first kappa shape index (κ1) is 15.8. The average molecular weight is 331 g/mol. The molecule has 6 nitrogen and oxygen atoms in total. The lowest BCUT2D eigenvalue weighted by Gasteiger charge is -2.08. The van der Waals surface area contributed by atoms with Crippen LogP contribution in [0.1, 0.15) is 16.8 Å². The fourth-order valence-corrected chi connectivity index (χ4v) is 1.69. The Kier molecular flexibility index (Phi) is 7.27. The number of hydrogen-bond donors (Lipinski definition) is 2. The Morgan fingerprint density at radius 3 is 2.84 bits per heavy atom. The highest BCUT2D eigenvalue weighted by Gasteiger charge is 2.07. The van der Waals surface area contributed by atoms with Gasteiger partial charge >= 0.3 is 0 Å². The summed E-state index contributed by atoms with van der Waals surface area (Å²) < 4.78 is 5.90. The van der Waals surface area contributed by atoms with Gasteiger partial charge in [0.05, 0.1) is 31.9 Å². The molecule has 0 aliphatic heterocycles. The molecule has 0 aromatic heterocycles. The second kappa shape index (κ2) is 8.76. The molecular formula is C12H15BrN2O4. The molecule has 0 bridgehead atoms. The largest absolute Gasteiger partial charge is 0.378 e. The molecule has 0 spiro atoms. The lowest BCUT2D eigenvalue weighted by molar-refractivity contribution is -0.117. The SMILES string of the molecule is NOCCOCCC(=O)Nc1cc(Br)ccc1C=O. The smallest absolute Gasteiger partial charge is 0.226 e. The molecule has 0 radical (unpaired) electrons. The van der Waals surface area contributed by atoms with Crippen molar-refractivity contribution >= 4 is 33.8 Å². The number of hydrogen-bond acceptors (Lipinski definition) is 5. The van der Waals surface area contributed by atoms with E-state index in [-0.39, 0.29) is 25.5 Å². The second-order valence-electron chi connectivity index (χ2n) is 3.63. The van der Waals surface area contributed by atoms with Gasteiger partial charge in [0.15, 0.2) is 6.29 Å². The van der Waals surface area contributed by atoms with Gasteiger partial charge in [0.25, 0.3) is 0 Å². The van der Waals surface area contributed by atoms with E-state index in [1.807, 2.05) is 0 Å². The maximum atomic E-state index is 11.6. The minimum absolute atomic E-state index is 0.190. The Balaban J connectivity index is 2.43. The third kappa shape index (κ3) is 5.93. The summed E-state index contributed by atoms with van der Waals surface area (Å²) in [5.41, 5.74) is 0.897. The monoisotopic (exact) mass is 330 g/mol. The van der Waals surface area contributed by atoms with Crippen molar-refractivity contribution in [1.82, 2.24) is 0 Å². The van der Waals surface area contributed by atoms with Crippen LogP contribution in [0.15, 0.2) is 22.7 Å². The molecule has 1 aromatic carbocycles. The van der Waals surface area contributed by atoms with Crippen molar-refractivity contribution in [2.75, 3.05) is 25.1 Å². The van der Waals surface area contributed by atoms with Crippen molar-refractivity contribution < 1.29 is 19.2 Å². The van der Waals surface area contributed by atoms with Gasteiger partial charge in [0, 0.05) is 10.0 Å². The van der Waals surface area contributed by atoms with Gasteiger partial charge in [-0.3, -0.25) is 9.59 Å². The normalized spacial score (nSPS) is 10.2. The van der Waals surface area contributed by atoms with Crippen LogP contribution in [0.2, 0.25) is 0 Å². The third-order valence-corrected chi connectivity index (χ3v) is 2.73. The van der Waals surface area contributed by atoms with E-state index in [0.717, 1.165) is 4.47 Å². The van der Waals surface area contributed by atoms with E-state index in [4.69, 9.17) is 10.6 Å². The van der Waals surface area contributed by atoms with Crippen LogP contribution in [0.5, 0.6) is 0 Å². The molecule has 1 amide bonds. The van der Waals surface area contributed by atoms with Crippen molar-refractivity contribution in [1.29, 1.82) is 0 Å². The number of nitrogens with two attached hydrogens (primary N) is 1. The standard InChI is InChI=1S/C12H15BrN2O4/c13-10-2-1-9(8-16)11(7-10)15-12(17)3-4-18-5-6-19-14/h1-2,7-8H,3-6,14H2,(H,15,17). The summed E-state index contributed by atoms with van der Waals surface area (Å²) in [7, 11) is 0. The highest BCUT2D eigenvalue weighted by atomic mass is 79.9. The second-order valence-corrected chi connectivity index (χ2v) is 4.55. The van der Waals surface area contributed by atoms with E-state index in [0.29, 0.717) is 24.1 Å². The van der Waals surface area contributed by atoms with Gasteiger partial charge in [-0.2, -0.15) is 0 Å². The van der Waals surface area contributed by atoms with E-state index in [1.165, 1.54) is 0 Å². The Labute approximate surface area is 119 Å². The molecular weight excluding hydrogens is 316 g/mol. The van der Waals surface area contributed by atoms with Crippen molar-refractivity contribution in [3.8, 4) is 0 Å². The predicted octanol–water partition coefficient (Wildman–Crippen LogP) is 1.50. The molecule has 0 aliphatic rings. The molecule has 0 aliphatic carbocycles. The highest BCUT2D eigenvalue weighted by molar-refractivity contribution is 9.10. The number of carbonyl (C=O) groups excluding carboxylic acids is 2. The molecule has 0 saturated carbocycles. The summed E-state index contributed by atoms with van der Waals surface area (Å²) in [5, 5.41) is 2.66. The van der Waals surface area contributed by atoms with Crippen LogP contribution in [0, 0.1) is 0 Å². The van der Waals surface area contributed by atoms with Gasteiger partial charge in [-0.1, -0.05) is 15.9 Å². The van der Waals surface area contributed by atoms with Crippen molar-refractivity contribution in [2.45, 2.75) is 6.42 Å². The number of benzene rings is 1. The summed E-state index contributed by atoms with van der Waals surface area (Å²) in [6, 6.07) is 5.03. The zero-order valence-corrected chi connectivity index (χ0v) is 11.8. The van der Waals surface area contributed by atoms with E-state index in [2.05, 4.69) is 26.1 Å². The summed E-state index contributed by atoms with van der Waals surface area (Å²) in [5.74, 6) is 4.60. The number of aldehydes is 1. The van der Waals surface area contributed by atoms with Gasteiger partial charge in [0.2, 0.25) is 5.91 Å². The summed E-state index contributed by atoms with van der Waals surface area (Å²) in [4.78, 5) is 26.8. The number of carbonyl (C=O) groups is 2. The highest BCUT2D eigenvalue weighted by Crippen LogP contribution is 2.20. The van der Waals surface area contributed by atoms with E-state index in [1.54, 1.807) is 18.2 Å². The fourth-order valence-electron chi connectivity index (χ4n) is 1.33. The molecule has 104 valence electrons. The first-order chi connectivity index (χ1) is 9.17. The molecule has 0 atom stereocenters. The lowest BCUT2D eigenvalue weighted by atomic mass is 10.2. The summed E-state index contributed by atoms with van der Waals surface area (Å²) >= 11 is 3.28. The van der Waals surface area contributed by atoms with Crippen LogP contribution in [0.4, 0.5) is 5.69 Å². The molecule has 0 fully saturated rings. The third-order valence-electron chi connectivity index (χ3n) is 2.24. The lowest BCUT2D eigenvalue weighted by Crippen LogP contribution is -2.16. The van der Waals surface area contributed by atoms with Crippen molar-refractivity contribution in [3.05, 3.63) is 28.2 Å². The first-order valence-corrected chi connectivity index (χ1v) is 6.40. The zero-order valence-electron chi connectivity index (χ0n) is 10.2. The van der Waals surface area contributed by atoms with E-state index in [9.17, 15) is 9.59 Å². The summed E-state index contributed by atoms with van der Waals surface area (Å²) in [6.07, 6.45) is 0.881. The maximum Gasteiger partial charge on any atom is 0.226 e. The topological polar surface area (TPSA) is 90.7 Å². The minimum atomic E-state index is -0.227. The number of ether oxygens (including phenoxy) is 1. The van der Waals surface area contributed by atoms with E-state index >= 15 is 0 Å². The quantitative estimate of drug-likeness (QED) is 0.428. The number of rotatable bonds is 8. The van der Waals surface area contributed by atoms with Crippen LogP contribution >= 0.6 is 15.9 Å². The van der Waals surface area contributed by atoms with Crippen LogP contribution in [0.25, 0.3) is 0 Å². The van der Waals surface area contributed by atoms with Crippen LogP contribution in [-0.2, 0) is 14.4 Å². The van der Waals surface area contributed by atoms with Gasteiger partial charge in [-0.05, 0) is 18.2 Å². The van der Waals surface area contributed by atoms with Gasteiger partial charge < -0.3 is 14.9 Å². The molecule has 1 aromatic rings. The predicted molar refractivity (Wildman–Crippen MR) is 73.7 cm³/mol.